The van der Waals surface area contributed by atoms with E-state index in [1.807, 2.05) is 31.2 Å². The molecule has 0 saturated heterocycles. The first-order valence-electron chi connectivity index (χ1n) is 8.37. The lowest BCUT2D eigenvalue weighted by atomic mass is 10.1. The van der Waals surface area contributed by atoms with E-state index in [9.17, 15) is 14.0 Å². The van der Waals surface area contributed by atoms with Crippen molar-refractivity contribution in [2.45, 2.75) is 13.5 Å². The molecule has 2 amide bonds. The molecule has 0 unspecified atom stereocenters. The number of hydrogen-bond donors (Lipinski definition) is 2. The Kier molecular flexibility index (Phi) is 5.56. The molecule has 0 fully saturated rings. The molecule has 27 heavy (non-hydrogen) atoms. The number of nitrogens with one attached hydrogen (secondary N) is 2. The molecule has 1 aromatic heterocycles. The summed E-state index contributed by atoms with van der Waals surface area (Å²) < 4.78 is 12.9. The van der Waals surface area contributed by atoms with Crippen molar-refractivity contribution in [1.82, 2.24) is 10.3 Å². The number of aromatic nitrogens is 1. The Bertz CT molecular complexity index is 954. The first-order chi connectivity index (χ1) is 13.0. The highest BCUT2D eigenvalue weighted by Crippen LogP contribution is 2.11. The zero-order valence-electron chi connectivity index (χ0n) is 14.7. The Balaban J connectivity index is 1.65. The minimum Gasteiger partial charge on any atom is -0.348 e. The fraction of sp³-hybridized carbons (Fsp3) is 0.0952. The third-order valence-electron chi connectivity index (χ3n) is 3.94. The first kappa shape index (κ1) is 18.3. The molecule has 0 atom stereocenters. The summed E-state index contributed by atoms with van der Waals surface area (Å²) in [4.78, 5) is 28.6. The smallest absolute Gasteiger partial charge is 0.257 e. The number of pyridine rings is 1. The average molecular weight is 363 g/mol. The molecule has 0 spiro atoms. The van der Waals surface area contributed by atoms with Gasteiger partial charge in [-0.25, -0.2) is 4.39 Å². The van der Waals surface area contributed by atoms with Crippen LogP contribution in [0.4, 0.5) is 10.1 Å². The molecule has 3 aromatic rings. The molecule has 3 rings (SSSR count). The zero-order valence-corrected chi connectivity index (χ0v) is 14.7. The van der Waals surface area contributed by atoms with E-state index in [0.29, 0.717) is 12.2 Å². The van der Waals surface area contributed by atoms with Crippen molar-refractivity contribution in [2.75, 3.05) is 5.32 Å². The Morgan fingerprint density at radius 1 is 0.926 bits per heavy atom. The van der Waals surface area contributed by atoms with Crippen LogP contribution < -0.4 is 10.6 Å². The summed E-state index contributed by atoms with van der Waals surface area (Å²) in [6, 6.07) is 14.7. The van der Waals surface area contributed by atoms with Crippen LogP contribution >= 0.6 is 0 Å². The molecule has 1 heterocycles. The van der Waals surface area contributed by atoms with E-state index in [-0.39, 0.29) is 22.9 Å². The summed E-state index contributed by atoms with van der Waals surface area (Å²) in [6.45, 7) is 2.38. The van der Waals surface area contributed by atoms with E-state index in [2.05, 4.69) is 15.6 Å². The van der Waals surface area contributed by atoms with Gasteiger partial charge in [0.1, 0.15) is 5.82 Å². The molecule has 0 aliphatic carbocycles. The summed E-state index contributed by atoms with van der Waals surface area (Å²) >= 11 is 0. The van der Waals surface area contributed by atoms with Gasteiger partial charge in [0.15, 0.2) is 0 Å². The lowest BCUT2D eigenvalue weighted by Gasteiger charge is -2.08. The van der Waals surface area contributed by atoms with Gasteiger partial charge in [-0.2, -0.15) is 0 Å². The van der Waals surface area contributed by atoms with Crippen LogP contribution in [0.2, 0.25) is 0 Å². The number of halogens is 1. The summed E-state index contributed by atoms with van der Waals surface area (Å²) in [5, 5.41) is 5.44. The van der Waals surface area contributed by atoms with E-state index in [1.165, 1.54) is 42.7 Å². The molecule has 0 radical (unpaired) electrons. The van der Waals surface area contributed by atoms with Crippen LogP contribution in [0.15, 0.2) is 67.0 Å². The van der Waals surface area contributed by atoms with Gasteiger partial charge in [-0.05, 0) is 42.8 Å². The third-order valence-corrected chi connectivity index (χ3v) is 3.94. The van der Waals surface area contributed by atoms with Crippen molar-refractivity contribution < 1.29 is 14.0 Å². The van der Waals surface area contributed by atoms with Crippen molar-refractivity contribution >= 4 is 17.5 Å². The van der Waals surface area contributed by atoms with Gasteiger partial charge >= 0.3 is 0 Å². The van der Waals surface area contributed by atoms with Gasteiger partial charge in [0, 0.05) is 24.6 Å². The number of amides is 2. The maximum atomic E-state index is 12.9. The summed E-state index contributed by atoms with van der Waals surface area (Å²) in [5.74, 6) is -1.14. The molecule has 136 valence electrons. The monoisotopic (exact) mass is 363 g/mol. The lowest BCUT2D eigenvalue weighted by Crippen LogP contribution is -2.23. The van der Waals surface area contributed by atoms with Gasteiger partial charge in [-0.3, -0.25) is 14.6 Å². The number of carbonyl (C=O) groups is 2. The lowest BCUT2D eigenvalue weighted by molar-refractivity contribution is 0.0950. The van der Waals surface area contributed by atoms with Crippen molar-refractivity contribution in [3.63, 3.8) is 0 Å². The Morgan fingerprint density at radius 2 is 1.56 bits per heavy atom. The maximum absolute atomic E-state index is 12.9. The van der Waals surface area contributed by atoms with Crippen LogP contribution in [0.3, 0.4) is 0 Å². The van der Waals surface area contributed by atoms with Gasteiger partial charge in [-0.1, -0.05) is 29.8 Å². The van der Waals surface area contributed by atoms with Gasteiger partial charge in [0.2, 0.25) is 0 Å². The van der Waals surface area contributed by atoms with Crippen LogP contribution in [0.1, 0.15) is 31.8 Å². The fourth-order valence-corrected chi connectivity index (χ4v) is 2.42. The number of aryl methyl sites for hydroxylation is 1. The summed E-state index contributed by atoms with van der Waals surface area (Å²) in [5.41, 5.74) is 3.10. The van der Waals surface area contributed by atoms with Gasteiger partial charge < -0.3 is 10.6 Å². The van der Waals surface area contributed by atoms with E-state index in [4.69, 9.17) is 0 Å². The average Bonchev–Trinajstić information content (AvgIpc) is 2.69. The van der Waals surface area contributed by atoms with Crippen molar-refractivity contribution in [3.05, 3.63) is 95.1 Å². The number of anilines is 1. The molecule has 6 heteroatoms. The number of rotatable bonds is 5. The van der Waals surface area contributed by atoms with Crippen molar-refractivity contribution in [3.8, 4) is 0 Å². The summed E-state index contributed by atoms with van der Waals surface area (Å²) in [6.07, 6.45) is 2.77. The van der Waals surface area contributed by atoms with Gasteiger partial charge in [0.05, 0.1) is 11.1 Å². The Morgan fingerprint density at radius 3 is 2.22 bits per heavy atom. The van der Waals surface area contributed by atoms with E-state index >= 15 is 0 Å². The van der Waals surface area contributed by atoms with Crippen LogP contribution in [-0.4, -0.2) is 16.8 Å². The van der Waals surface area contributed by atoms with Crippen LogP contribution in [0.5, 0.6) is 0 Å². The maximum Gasteiger partial charge on any atom is 0.257 e. The number of benzene rings is 2. The molecule has 0 aliphatic rings. The van der Waals surface area contributed by atoms with Crippen LogP contribution in [0.25, 0.3) is 0 Å². The fourth-order valence-electron chi connectivity index (χ4n) is 2.42. The molecule has 0 saturated carbocycles. The van der Waals surface area contributed by atoms with Crippen LogP contribution in [-0.2, 0) is 6.54 Å². The SMILES string of the molecule is Cc1ccc(CNC(=O)c2cncc(C(=O)Nc3ccc(F)cc3)c2)cc1. The molecule has 0 aliphatic heterocycles. The van der Waals surface area contributed by atoms with E-state index < -0.39 is 5.91 Å². The van der Waals surface area contributed by atoms with Crippen molar-refractivity contribution in [1.29, 1.82) is 0 Å². The minimum atomic E-state index is -0.428. The topological polar surface area (TPSA) is 71.1 Å². The Hall–Kier alpha value is -3.54. The zero-order chi connectivity index (χ0) is 19.2. The van der Waals surface area contributed by atoms with Gasteiger partial charge in [0.25, 0.3) is 11.8 Å². The number of carbonyl (C=O) groups excluding carboxylic acids is 2. The highest BCUT2D eigenvalue weighted by molar-refractivity contribution is 6.05. The van der Waals surface area contributed by atoms with Crippen LogP contribution in [0, 0.1) is 12.7 Å². The summed E-state index contributed by atoms with van der Waals surface area (Å²) in [7, 11) is 0. The predicted octanol–water partition coefficient (Wildman–Crippen LogP) is 3.71. The standard InChI is InChI=1S/C21H18FN3O2/c1-14-2-4-15(5-3-14)11-24-20(26)16-10-17(13-23-12-16)21(27)25-19-8-6-18(22)7-9-19/h2-10,12-13H,11H2,1H3,(H,24,26)(H,25,27). The predicted molar refractivity (Wildman–Crippen MR) is 101 cm³/mol. The molecule has 2 aromatic carbocycles. The second kappa shape index (κ2) is 8.23. The quantitative estimate of drug-likeness (QED) is 0.726. The first-order valence-corrected chi connectivity index (χ1v) is 8.37. The molecule has 5 nitrogen and oxygen atoms in total. The number of hydrogen-bond acceptors (Lipinski definition) is 3. The van der Waals surface area contributed by atoms with Crippen molar-refractivity contribution in [2.24, 2.45) is 0 Å². The molecule has 0 bridgehead atoms. The second-order valence-corrected chi connectivity index (χ2v) is 6.09. The Labute approximate surface area is 156 Å². The third kappa shape index (κ3) is 4.98. The molecular weight excluding hydrogens is 345 g/mol. The highest BCUT2D eigenvalue weighted by atomic mass is 19.1. The normalized spacial score (nSPS) is 10.3. The number of nitrogens with zero attached hydrogens (tertiary/aromatic N) is 1. The minimum absolute atomic E-state index is 0.238. The molecule has 2 N–H and O–H groups in total. The van der Waals surface area contributed by atoms with E-state index in [1.54, 1.807) is 0 Å². The second-order valence-electron chi connectivity index (χ2n) is 6.09. The highest BCUT2D eigenvalue weighted by Gasteiger charge is 2.12. The van der Waals surface area contributed by atoms with Gasteiger partial charge in [-0.15, -0.1) is 0 Å². The largest absolute Gasteiger partial charge is 0.348 e. The van der Waals surface area contributed by atoms with E-state index in [0.717, 1.165) is 11.1 Å². The molecular formula is C21H18FN3O2.